The Morgan fingerprint density at radius 1 is 1.47 bits per heavy atom. The summed E-state index contributed by atoms with van der Waals surface area (Å²) >= 11 is 5.91. The Hall–Kier alpha value is -0.640. The first-order valence-corrected chi connectivity index (χ1v) is 6.36. The maximum Gasteiger partial charge on any atom is 0.130 e. The molecule has 1 saturated heterocycles. The van der Waals surface area contributed by atoms with E-state index in [4.69, 9.17) is 16.3 Å². The molecule has 0 amide bonds. The SMILES string of the molecule is Fc1cccc(Cl)c1COCCC1CCNC1. The molecular formula is C13H17ClFNO. The van der Waals surface area contributed by atoms with E-state index in [-0.39, 0.29) is 12.4 Å². The molecule has 1 heterocycles. The van der Waals surface area contributed by atoms with Crippen LogP contribution in [0.25, 0.3) is 0 Å². The van der Waals surface area contributed by atoms with E-state index in [1.165, 1.54) is 12.5 Å². The zero-order valence-electron chi connectivity index (χ0n) is 9.72. The summed E-state index contributed by atoms with van der Waals surface area (Å²) in [6.07, 6.45) is 2.24. The molecule has 1 aliphatic heterocycles. The van der Waals surface area contributed by atoms with E-state index in [0.717, 1.165) is 19.5 Å². The number of halogens is 2. The molecule has 0 bridgehead atoms. The van der Waals surface area contributed by atoms with Crippen LogP contribution >= 0.6 is 11.6 Å². The van der Waals surface area contributed by atoms with Gasteiger partial charge in [0.2, 0.25) is 0 Å². The first kappa shape index (κ1) is 12.8. The summed E-state index contributed by atoms with van der Waals surface area (Å²) in [5, 5.41) is 3.75. The first-order valence-electron chi connectivity index (χ1n) is 5.98. The van der Waals surface area contributed by atoms with Gasteiger partial charge in [-0.25, -0.2) is 4.39 Å². The molecule has 1 aromatic carbocycles. The highest BCUT2D eigenvalue weighted by Gasteiger charge is 2.14. The topological polar surface area (TPSA) is 21.3 Å². The van der Waals surface area contributed by atoms with Crippen LogP contribution in [0.1, 0.15) is 18.4 Å². The van der Waals surface area contributed by atoms with Gasteiger partial charge < -0.3 is 10.1 Å². The fourth-order valence-corrected chi connectivity index (χ4v) is 2.27. The van der Waals surface area contributed by atoms with Crippen LogP contribution in [0.2, 0.25) is 5.02 Å². The molecule has 2 nitrogen and oxygen atoms in total. The van der Waals surface area contributed by atoms with Gasteiger partial charge in [-0.2, -0.15) is 0 Å². The summed E-state index contributed by atoms with van der Waals surface area (Å²) in [6, 6.07) is 4.70. The number of hydrogen-bond acceptors (Lipinski definition) is 2. The van der Waals surface area contributed by atoms with Crippen LogP contribution in [-0.2, 0) is 11.3 Å². The molecule has 1 fully saturated rings. The van der Waals surface area contributed by atoms with Crippen molar-refractivity contribution >= 4 is 11.6 Å². The average Bonchev–Trinajstić information content (AvgIpc) is 2.80. The van der Waals surface area contributed by atoms with E-state index in [9.17, 15) is 4.39 Å². The lowest BCUT2D eigenvalue weighted by Gasteiger charge is -2.10. The summed E-state index contributed by atoms with van der Waals surface area (Å²) in [6.45, 7) is 3.09. The highest BCUT2D eigenvalue weighted by molar-refractivity contribution is 6.31. The molecule has 2 rings (SSSR count). The van der Waals surface area contributed by atoms with Gasteiger partial charge in [0.25, 0.3) is 0 Å². The van der Waals surface area contributed by atoms with Crippen molar-refractivity contribution in [3.05, 3.63) is 34.6 Å². The molecule has 1 aliphatic rings. The highest BCUT2D eigenvalue weighted by atomic mass is 35.5. The van der Waals surface area contributed by atoms with E-state index >= 15 is 0 Å². The second-order valence-electron chi connectivity index (χ2n) is 4.40. The minimum absolute atomic E-state index is 0.256. The summed E-state index contributed by atoms with van der Waals surface area (Å²) < 4.78 is 18.9. The van der Waals surface area contributed by atoms with Gasteiger partial charge in [-0.3, -0.25) is 0 Å². The zero-order chi connectivity index (χ0) is 12.1. The lowest BCUT2D eigenvalue weighted by atomic mass is 10.1. The lowest BCUT2D eigenvalue weighted by molar-refractivity contribution is 0.107. The Balaban J connectivity index is 1.74. The zero-order valence-corrected chi connectivity index (χ0v) is 10.5. The third-order valence-corrected chi connectivity index (χ3v) is 3.50. The van der Waals surface area contributed by atoms with E-state index in [2.05, 4.69) is 5.32 Å². The molecule has 1 atom stereocenters. The fraction of sp³-hybridized carbons (Fsp3) is 0.538. The van der Waals surface area contributed by atoms with Crippen LogP contribution in [0.3, 0.4) is 0 Å². The molecule has 0 aliphatic carbocycles. The van der Waals surface area contributed by atoms with E-state index in [1.54, 1.807) is 12.1 Å². The molecular weight excluding hydrogens is 241 g/mol. The summed E-state index contributed by atoms with van der Waals surface area (Å²) in [5.74, 6) is 0.408. The van der Waals surface area contributed by atoms with Crippen molar-refractivity contribution < 1.29 is 9.13 Å². The molecule has 17 heavy (non-hydrogen) atoms. The van der Waals surface area contributed by atoms with Crippen molar-refractivity contribution in [2.24, 2.45) is 5.92 Å². The Bertz CT molecular complexity index is 346. The fourth-order valence-electron chi connectivity index (χ4n) is 2.06. The second-order valence-corrected chi connectivity index (χ2v) is 4.81. The van der Waals surface area contributed by atoms with Crippen LogP contribution < -0.4 is 5.32 Å². The van der Waals surface area contributed by atoms with Gasteiger partial charge in [0.1, 0.15) is 5.82 Å². The van der Waals surface area contributed by atoms with E-state index in [1.807, 2.05) is 0 Å². The Morgan fingerprint density at radius 2 is 2.35 bits per heavy atom. The molecule has 1 N–H and O–H groups in total. The molecule has 0 aromatic heterocycles. The summed E-state index contributed by atoms with van der Waals surface area (Å²) in [4.78, 5) is 0. The van der Waals surface area contributed by atoms with Crippen LogP contribution in [0.5, 0.6) is 0 Å². The number of benzene rings is 1. The quantitative estimate of drug-likeness (QED) is 0.819. The molecule has 4 heteroatoms. The van der Waals surface area contributed by atoms with E-state index < -0.39 is 0 Å². The second kappa shape index (κ2) is 6.34. The molecule has 0 saturated carbocycles. The van der Waals surface area contributed by atoms with Crippen molar-refractivity contribution in [3.63, 3.8) is 0 Å². The molecule has 94 valence electrons. The van der Waals surface area contributed by atoms with Crippen LogP contribution in [-0.4, -0.2) is 19.7 Å². The number of rotatable bonds is 5. The highest BCUT2D eigenvalue weighted by Crippen LogP contribution is 2.20. The lowest BCUT2D eigenvalue weighted by Crippen LogP contribution is -2.11. The van der Waals surface area contributed by atoms with Gasteiger partial charge in [0, 0.05) is 17.2 Å². The van der Waals surface area contributed by atoms with E-state index in [0.29, 0.717) is 23.1 Å². The van der Waals surface area contributed by atoms with Crippen molar-refractivity contribution in [1.82, 2.24) is 5.32 Å². The van der Waals surface area contributed by atoms with Gasteiger partial charge in [0.05, 0.1) is 6.61 Å². The predicted octanol–water partition coefficient (Wildman–Crippen LogP) is 3.00. The van der Waals surface area contributed by atoms with Crippen LogP contribution in [0.4, 0.5) is 4.39 Å². The number of ether oxygens (including phenoxy) is 1. The van der Waals surface area contributed by atoms with Crippen molar-refractivity contribution in [2.75, 3.05) is 19.7 Å². The smallest absolute Gasteiger partial charge is 0.130 e. The summed E-state index contributed by atoms with van der Waals surface area (Å²) in [7, 11) is 0. The minimum atomic E-state index is -0.292. The van der Waals surface area contributed by atoms with Gasteiger partial charge in [-0.1, -0.05) is 17.7 Å². The number of nitrogens with one attached hydrogen (secondary N) is 1. The molecule has 0 spiro atoms. The largest absolute Gasteiger partial charge is 0.377 e. The number of hydrogen-bond donors (Lipinski definition) is 1. The Morgan fingerprint density at radius 3 is 3.06 bits per heavy atom. The average molecular weight is 258 g/mol. The van der Waals surface area contributed by atoms with Crippen molar-refractivity contribution in [2.45, 2.75) is 19.4 Å². The van der Waals surface area contributed by atoms with Crippen LogP contribution in [0, 0.1) is 11.7 Å². The first-order chi connectivity index (χ1) is 8.27. The van der Waals surface area contributed by atoms with Crippen LogP contribution in [0.15, 0.2) is 18.2 Å². The Kier molecular flexibility index (Phi) is 4.77. The van der Waals surface area contributed by atoms with Gasteiger partial charge in [0.15, 0.2) is 0 Å². The minimum Gasteiger partial charge on any atom is -0.377 e. The monoisotopic (exact) mass is 257 g/mol. The van der Waals surface area contributed by atoms with Gasteiger partial charge >= 0.3 is 0 Å². The van der Waals surface area contributed by atoms with Gasteiger partial charge in [-0.15, -0.1) is 0 Å². The van der Waals surface area contributed by atoms with Crippen molar-refractivity contribution in [1.29, 1.82) is 0 Å². The maximum absolute atomic E-state index is 13.4. The van der Waals surface area contributed by atoms with Crippen molar-refractivity contribution in [3.8, 4) is 0 Å². The third-order valence-electron chi connectivity index (χ3n) is 3.14. The summed E-state index contributed by atoms with van der Waals surface area (Å²) in [5.41, 5.74) is 0.457. The van der Waals surface area contributed by atoms with Gasteiger partial charge in [-0.05, 0) is 44.0 Å². The standard InChI is InChI=1S/C13H17ClFNO/c14-12-2-1-3-13(15)11(12)9-17-7-5-10-4-6-16-8-10/h1-3,10,16H,4-9H2. The molecule has 1 aromatic rings. The third kappa shape index (κ3) is 3.66. The molecule has 0 radical (unpaired) electrons. The maximum atomic E-state index is 13.4. The Labute approximate surface area is 106 Å². The normalized spacial score (nSPS) is 19.8. The predicted molar refractivity (Wildman–Crippen MR) is 66.7 cm³/mol. The molecule has 1 unspecified atom stereocenters.